The molecule has 2 aromatic rings. The SMILES string of the molecule is CCC(C)NC(=O)c1cnc(NCCc2ccccc2F)nc1. The molecule has 1 aromatic carbocycles. The minimum atomic E-state index is -0.215. The van der Waals surface area contributed by atoms with Gasteiger partial charge in [0.1, 0.15) is 5.82 Å². The molecule has 2 rings (SSSR count). The number of carbonyl (C=O) groups excluding carboxylic acids is 1. The topological polar surface area (TPSA) is 66.9 Å². The fraction of sp³-hybridized carbons (Fsp3) is 0.353. The quantitative estimate of drug-likeness (QED) is 0.824. The summed E-state index contributed by atoms with van der Waals surface area (Å²) in [5.41, 5.74) is 1.06. The third-order valence-electron chi connectivity index (χ3n) is 3.54. The maximum atomic E-state index is 13.5. The number of amides is 1. The first kappa shape index (κ1) is 16.9. The standard InChI is InChI=1S/C17H21FN4O/c1-3-12(2)22-16(23)14-10-20-17(21-11-14)19-9-8-13-6-4-5-7-15(13)18/h4-7,10-12H,3,8-9H2,1-2H3,(H,22,23)(H,19,20,21). The first-order valence-electron chi connectivity index (χ1n) is 7.70. The molecule has 1 heterocycles. The molecule has 2 N–H and O–H groups in total. The van der Waals surface area contributed by atoms with Crippen molar-refractivity contribution >= 4 is 11.9 Å². The van der Waals surface area contributed by atoms with Crippen LogP contribution in [0.2, 0.25) is 0 Å². The molecule has 0 fully saturated rings. The van der Waals surface area contributed by atoms with Crippen LogP contribution >= 0.6 is 0 Å². The number of carbonyl (C=O) groups is 1. The lowest BCUT2D eigenvalue weighted by atomic mass is 10.1. The Balaban J connectivity index is 1.85. The van der Waals surface area contributed by atoms with Gasteiger partial charge in [-0.15, -0.1) is 0 Å². The van der Waals surface area contributed by atoms with E-state index in [-0.39, 0.29) is 17.8 Å². The van der Waals surface area contributed by atoms with Gasteiger partial charge in [-0.25, -0.2) is 14.4 Å². The summed E-state index contributed by atoms with van der Waals surface area (Å²) in [4.78, 5) is 20.1. The van der Waals surface area contributed by atoms with Crippen molar-refractivity contribution in [2.24, 2.45) is 0 Å². The van der Waals surface area contributed by atoms with Crippen molar-refractivity contribution in [3.8, 4) is 0 Å². The summed E-state index contributed by atoms with van der Waals surface area (Å²) in [7, 11) is 0. The molecule has 1 atom stereocenters. The predicted molar refractivity (Wildman–Crippen MR) is 87.8 cm³/mol. The van der Waals surface area contributed by atoms with E-state index in [2.05, 4.69) is 20.6 Å². The van der Waals surface area contributed by atoms with Gasteiger partial charge < -0.3 is 10.6 Å². The molecule has 5 nitrogen and oxygen atoms in total. The zero-order valence-corrected chi connectivity index (χ0v) is 13.3. The first-order valence-corrected chi connectivity index (χ1v) is 7.70. The number of hydrogen-bond acceptors (Lipinski definition) is 4. The van der Waals surface area contributed by atoms with E-state index >= 15 is 0 Å². The Morgan fingerprint density at radius 2 is 1.96 bits per heavy atom. The van der Waals surface area contributed by atoms with Crippen LogP contribution in [0, 0.1) is 5.82 Å². The molecular formula is C17H21FN4O. The van der Waals surface area contributed by atoms with Crippen molar-refractivity contribution in [3.05, 3.63) is 53.6 Å². The van der Waals surface area contributed by atoms with E-state index in [9.17, 15) is 9.18 Å². The Hall–Kier alpha value is -2.50. The van der Waals surface area contributed by atoms with E-state index < -0.39 is 0 Å². The van der Waals surface area contributed by atoms with Gasteiger partial charge in [-0.2, -0.15) is 0 Å². The van der Waals surface area contributed by atoms with Gasteiger partial charge in [0.2, 0.25) is 5.95 Å². The summed E-state index contributed by atoms with van der Waals surface area (Å²) < 4.78 is 13.5. The Labute approximate surface area is 135 Å². The molecule has 0 aliphatic heterocycles. The average Bonchev–Trinajstić information content (AvgIpc) is 2.57. The molecule has 0 saturated heterocycles. The van der Waals surface area contributed by atoms with Gasteiger partial charge in [-0.3, -0.25) is 4.79 Å². The highest BCUT2D eigenvalue weighted by molar-refractivity contribution is 5.93. The third-order valence-corrected chi connectivity index (χ3v) is 3.54. The second-order valence-electron chi connectivity index (χ2n) is 5.35. The molecule has 0 bridgehead atoms. The molecule has 0 aliphatic rings. The second kappa shape index (κ2) is 8.22. The summed E-state index contributed by atoms with van der Waals surface area (Å²) in [6, 6.07) is 6.77. The smallest absolute Gasteiger partial charge is 0.254 e. The summed E-state index contributed by atoms with van der Waals surface area (Å²) in [5, 5.41) is 5.87. The molecule has 0 spiro atoms. The van der Waals surface area contributed by atoms with E-state index in [1.807, 2.05) is 13.8 Å². The number of nitrogens with zero attached hydrogens (tertiary/aromatic N) is 2. The summed E-state index contributed by atoms with van der Waals surface area (Å²) in [5.74, 6) is 0.0194. The lowest BCUT2D eigenvalue weighted by molar-refractivity contribution is 0.0938. The van der Waals surface area contributed by atoms with Crippen molar-refractivity contribution < 1.29 is 9.18 Å². The molecule has 0 saturated carbocycles. The average molecular weight is 316 g/mol. The number of anilines is 1. The molecule has 1 aromatic heterocycles. The Kier molecular flexibility index (Phi) is 6.02. The van der Waals surface area contributed by atoms with Crippen LogP contribution in [-0.4, -0.2) is 28.5 Å². The third kappa shape index (κ3) is 5.02. The zero-order valence-electron chi connectivity index (χ0n) is 13.3. The van der Waals surface area contributed by atoms with Gasteiger partial charge in [0.15, 0.2) is 0 Å². The van der Waals surface area contributed by atoms with Crippen LogP contribution in [0.3, 0.4) is 0 Å². The van der Waals surface area contributed by atoms with E-state index in [0.717, 1.165) is 6.42 Å². The molecular weight excluding hydrogens is 295 g/mol. The van der Waals surface area contributed by atoms with Gasteiger partial charge in [0.05, 0.1) is 5.56 Å². The number of hydrogen-bond donors (Lipinski definition) is 2. The second-order valence-corrected chi connectivity index (χ2v) is 5.35. The van der Waals surface area contributed by atoms with E-state index in [1.54, 1.807) is 18.2 Å². The molecule has 1 amide bonds. The van der Waals surface area contributed by atoms with E-state index in [0.29, 0.717) is 30.0 Å². The van der Waals surface area contributed by atoms with Gasteiger partial charge in [-0.1, -0.05) is 25.1 Å². The van der Waals surface area contributed by atoms with Gasteiger partial charge >= 0.3 is 0 Å². The number of nitrogens with one attached hydrogen (secondary N) is 2. The van der Waals surface area contributed by atoms with Crippen LogP contribution in [0.4, 0.5) is 10.3 Å². The van der Waals surface area contributed by atoms with Crippen LogP contribution in [-0.2, 0) is 6.42 Å². The van der Waals surface area contributed by atoms with Crippen molar-refractivity contribution in [2.45, 2.75) is 32.7 Å². The normalized spacial score (nSPS) is 11.8. The Morgan fingerprint density at radius 1 is 1.26 bits per heavy atom. The first-order chi connectivity index (χ1) is 11.1. The van der Waals surface area contributed by atoms with Crippen LogP contribution in [0.1, 0.15) is 36.2 Å². The molecule has 23 heavy (non-hydrogen) atoms. The highest BCUT2D eigenvalue weighted by Gasteiger charge is 2.09. The van der Waals surface area contributed by atoms with Crippen molar-refractivity contribution in [3.63, 3.8) is 0 Å². The maximum absolute atomic E-state index is 13.5. The summed E-state index contributed by atoms with van der Waals surface area (Å²) in [6.07, 6.45) is 4.36. The zero-order chi connectivity index (χ0) is 16.7. The largest absolute Gasteiger partial charge is 0.354 e. The Bertz CT molecular complexity index is 645. The highest BCUT2D eigenvalue weighted by Crippen LogP contribution is 2.07. The monoisotopic (exact) mass is 316 g/mol. The molecule has 1 unspecified atom stereocenters. The lowest BCUT2D eigenvalue weighted by Gasteiger charge is -2.11. The van der Waals surface area contributed by atoms with Gasteiger partial charge in [0, 0.05) is 25.0 Å². The van der Waals surface area contributed by atoms with Crippen LogP contribution in [0.15, 0.2) is 36.7 Å². The highest BCUT2D eigenvalue weighted by atomic mass is 19.1. The van der Waals surface area contributed by atoms with Crippen LogP contribution in [0.5, 0.6) is 0 Å². The van der Waals surface area contributed by atoms with Crippen molar-refractivity contribution in [1.82, 2.24) is 15.3 Å². The number of halogens is 1. The number of aromatic nitrogens is 2. The van der Waals surface area contributed by atoms with Gasteiger partial charge in [-0.05, 0) is 31.4 Å². The van der Waals surface area contributed by atoms with Crippen LogP contribution in [0.25, 0.3) is 0 Å². The predicted octanol–water partition coefficient (Wildman–Crippen LogP) is 2.80. The van der Waals surface area contributed by atoms with Crippen molar-refractivity contribution in [2.75, 3.05) is 11.9 Å². The minimum Gasteiger partial charge on any atom is -0.354 e. The van der Waals surface area contributed by atoms with Crippen LogP contribution < -0.4 is 10.6 Å². The summed E-state index contributed by atoms with van der Waals surface area (Å²) in [6.45, 7) is 4.46. The van der Waals surface area contributed by atoms with Gasteiger partial charge in [0.25, 0.3) is 5.91 Å². The van der Waals surface area contributed by atoms with E-state index in [4.69, 9.17) is 0 Å². The minimum absolute atomic E-state index is 0.112. The fourth-order valence-electron chi connectivity index (χ4n) is 1.96. The summed E-state index contributed by atoms with van der Waals surface area (Å²) >= 11 is 0. The fourth-order valence-corrected chi connectivity index (χ4v) is 1.96. The van der Waals surface area contributed by atoms with Crippen molar-refractivity contribution in [1.29, 1.82) is 0 Å². The number of benzene rings is 1. The molecule has 122 valence electrons. The molecule has 6 heteroatoms. The number of rotatable bonds is 7. The Morgan fingerprint density at radius 3 is 2.61 bits per heavy atom. The lowest BCUT2D eigenvalue weighted by Crippen LogP contribution is -2.32. The van der Waals surface area contributed by atoms with E-state index in [1.165, 1.54) is 18.5 Å². The maximum Gasteiger partial charge on any atom is 0.254 e. The molecule has 0 radical (unpaired) electrons. The molecule has 0 aliphatic carbocycles.